The Kier molecular flexibility index (Phi) is 4.57. The average Bonchev–Trinajstić information content (AvgIpc) is 2.97. The van der Waals surface area contributed by atoms with Crippen LogP contribution in [0.25, 0.3) is 11.0 Å². The highest BCUT2D eigenvalue weighted by Crippen LogP contribution is 2.29. The Bertz CT molecular complexity index is 1010. The van der Waals surface area contributed by atoms with Crippen LogP contribution in [0.2, 0.25) is 0 Å². The van der Waals surface area contributed by atoms with Crippen molar-refractivity contribution in [2.75, 3.05) is 12.4 Å². The van der Waals surface area contributed by atoms with Gasteiger partial charge in [0.2, 0.25) is 5.91 Å². The average molecular weight is 355 g/mol. The van der Waals surface area contributed by atoms with E-state index in [4.69, 9.17) is 9.26 Å². The number of hydrogen-bond donors (Lipinski definition) is 1. The number of hydrogen-bond acceptors (Lipinski definition) is 6. The Hall–Kier alpha value is -3.42. The van der Waals surface area contributed by atoms with Crippen molar-refractivity contribution in [1.82, 2.24) is 5.16 Å². The van der Waals surface area contributed by atoms with Crippen LogP contribution in [0.1, 0.15) is 16.8 Å². The van der Waals surface area contributed by atoms with Crippen molar-refractivity contribution in [3.05, 3.63) is 57.3 Å². The summed E-state index contributed by atoms with van der Waals surface area (Å²) in [4.78, 5) is 22.7. The van der Waals surface area contributed by atoms with E-state index in [-0.39, 0.29) is 23.8 Å². The quantitative estimate of drug-likeness (QED) is 0.554. The Morgan fingerprint density at radius 3 is 2.69 bits per heavy atom. The van der Waals surface area contributed by atoms with Gasteiger partial charge in [0.1, 0.15) is 11.4 Å². The topological polar surface area (TPSA) is 108 Å². The second kappa shape index (κ2) is 6.83. The SMILES string of the molecule is COc1cc([N+](=O)[O-])ccc1NC(=O)Cc1noc2cc(C)c(C)cc12. The minimum Gasteiger partial charge on any atom is -0.494 e. The predicted octanol–water partition coefficient (Wildman–Crippen LogP) is 3.54. The van der Waals surface area contributed by atoms with Crippen LogP contribution in [0.5, 0.6) is 5.75 Å². The first-order valence-corrected chi connectivity index (χ1v) is 7.87. The maximum absolute atomic E-state index is 12.4. The minimum absolute atomic E-state index is 0.00957. The van der Waals surface area contributed by atoms with Crippen LogP contribution in [0.4, 0.5) is 11.4 Å². The van der Waals surface area contributed by atoms with Crippen LogP contribution < -0.4 is 10.1 Å². The van der Waals surface area contributed by atoms with Gasteiger partial charge in [-0.1, -0.05) is 5.16 Å². The number of benzene rings is 2. The number of nitro groups is 1. The summed E-state index contributed by atoms with van der Waals surface area (Å²) in [6.07, 6.45) is 0.00957. The largest absolute Gasteiger partial charge is 0.494 e. The van der Waals surface area contributed by atoms with Crippen molar-refractivity contribution in [1.29, 1.82) is 0 Å². The number of carbonyl (C=O) groups excluding carboxylic acids is 1. The fourth-order valence-electron chi connectivity index (χ4n) is 2.61. The molecule has 3 rings (SSSR count). The second-order valence-corrected chi connectivity index (χ2v) is 5.93. The zero-order valence-corrected chi connectivity index (χ0v) is 14.5. The molecule has 8 heteroatoms. The monoisotopic (exact) mass is 355 g/mol. The number of fused-ring (bicyclic) bond motifs is 1. The molecule has 0 radical (unpaired) electrons. The van der Waals surface area contributed by atoms with Crippen molar-refractivity contribution in [2.45, 2.75) is 20.3 Å². The third kappa shape index (κ3) is 3.34. The van der Waals surface area contributed by atoms with E-state index in [1.807, 2.05) is 26.0 Å². The number of non-ortho nitro benzene ring substituents is 1. The Balaban J connectivity index is 1.81. The van der Waals surface area contributed by atoms with E-state index in [0.29, 0.717) is 17.0 Å². The van der Waals surface area contributed by atoms with Crippen molar-refractivity contribution in [3.63, 3.8) is 0 Å². The molecule has 0 aliphatic heterocycles. The molecule has 1 heterocycles. The molecule has 0 aliphatic carbocycles. The predicted molar refractivity (Wildman–Crippen MR) is 95.5 cm³/mol. The third-order valence-corrected chi connectivity index (χ3v) is 4.16. The van der Waals surface area contributed by atoms with Gasteiger partial charge < -0.3 is 14.6 Å². The van der Waals surface area contributed by atoms with Gasteiger partial charge in [0.05, 0.1) is 30.2 Å². The molecule has 0 saturated heterocycles. The molecule has 3 aromatic rings. The van der Waals surface area contributed by atoms with Crippen LogP contribution in [0.3, 0.4) is 0 Å². The normalized spacial score (nSPS) is 10.7. The summed E-state index contributed by atoms with van der Waals surface area (Å²) in [5.74, 6) is -0.116. The summed E-state index contributed by atoms with van der Waals surface area (Å²) in [7, 11) is 1.38. The first-order valence-electron chi connectivity index (χ1n) is 7.87. The van der Waals surface area contributed by atoms with Crippen LogP contribution in [-0.4, -0.2) is 23.1 Å². The molecule has 2 aromatic carbocycles. The molecule has 0 bridgehead atoms. The lowest BCUT2D eigenvalue weighted by atomic mass is 10.1. The van der Waals surface area contributed by atoms with Crippen LogP contribution in [-0.2, 0) is 11.2 Å². The third-order valence-electron chi connectivity index (χ3n) is 4.16. The van der Waals surface area contributed by atoms with E-state index < -0.39 is 4.92 Å². The van der Waals surface area contributed by atoms with E-state index in [1.54, 1.807) is 0 Å². The first-order chi connectivity index (χ1) is 12.4. The van der Waals surface area contributed by atoms with Gasteiger partial charge in [0.15, 0.2) is 5.58 Å². The number of carbonyl (C=O) groups is 1. The second-order valence-electron chi connectivity index (χ2n) is 5.93. The highest BCUT2D eigenvalue weighted by Gasteiger charge is 2.17. The van der Waals surface area contributed by atoms with Gasteiger partial charge in [-0.2, -0.15) is 0 Å². The van der Waals surface area contributed by atoms with Crippen LogP contribution >= 0.6 is 0 Å². The van der Waals surface area contributed by atoms with Crippen molar-refractivity contribution < 1.29 is 19.0 Å². The number of methoxy groups -OCH3 is 1. The Morgan fingerprint density at radius 2 is 2.00 bits per heavy atom. The number of nitrogens with zero attached hydrogens (tertiary/aromatic N) is 2. The fraction of sp³-hybridized carbons (Fsp3) is 0.222. The number of nitro benzene ring substituents is 1. The molecule has 1 amide bonds. The molecular formula is C18H17N3O5. The van der Waals surface area contributed by atoms with E-state index in [2.05, 4.69) is 10.5 Å². The molecule has 0 unspecified atom stereocenters. The van der Waals surface area contributed by atoms with Crippen molar-refractivity contribution in [2.24, 2.45) is 0 Å². The summed E-state index contributed by atoms with van der Waals surface area (Å²) in [6, 6.07) is 7.82. The van der Waals surface area contributed by atoms with Gasteiger partial charge in [0.25, 0.3) is 5.69 Å². The molecule has 0 aliphatic rings. The standard InChI is InChI=1S/C18H17N3O5/c1-10-6-13-15(20-26-16(13)7-11(10)2)9-18(22)19-14-5-4-12(21(23)24)8-17(14)25-3/h4-8H,9H2,1-3H3,(H,19,22). The number of anilines is 1. The molecule has 1 N–H and O–H groups in total. The zero-order valence-electron chi connectivity index (χ0n) is 14.5. The molecule has 0 saturated carbocycles. The van der Waals surface area contributed by atoms with E-state index in [0.717, 1.165) is 16.5 Å². The number of nitrogens with one attached hydrogen (secondary N) is 1. The maximum atomic E-state index is 12.4. The zero-order chi connectivity index (χ0) is 18.8. The lowest BCUT2D eigenvalue weighted by molar-refractivity contribution is -0.384. The summed E-state index contributed by atoms with van der Waals surface area (Å²) in [5.41, 5.74) is 3.56. The maximum Gasteiger partial charge on any atom is 0.273 e. The van der Waals surface area contributed by atoms with E-state index in [1.165, 1.54) is 25.3 Å². The van der Waals surface area contributed by atoms with Gasteiger partial charge in [-0.3, -0.25) is 14.9 Å². The van der Waals surface area contributed by atoms with Gasteiger partial charge in [0, 0.05) is 11.5 Å². The highest BCUT2D eigenvalue weighted by molar-refractivity contribution is 5.96. The summed E-state index contributed by atoms with van der Waals surface area (Å²) >= 11 is 0. The molecule has 0 fully saturated rings. The summed E-state index contributed by atoms with van der Waals surface area (Å²) < 4.78 is 10.4. The molecule has 26 heavy (non-hydrogen) atoms. The molecule has 0 atom stereocenters. The first kappa shape index (κ1) is 17.4. The van der Waals surface area contributed by atoms with Gasteiger partial charge in [-0.15, -0.1) is 0 Å². The lowest BCUT2D eigenvalue weighted by Gasteiger charge is -2.09. The van der Waals surface area contributed by atoms with Gasteiger partial charge in [-0.25, -0.2) is 0 Å². The number of ether oxygens (including phenoxy) is 1. The number of amides is 1. The van der Waals surface area contributed by atoms with Crippen LogP contribution in [0.15, 0.2) is 34.9 Å². The van der Waals surface area contributed by atoms with E-state index >= 15 is 0 Å². The van der Waals surface area contributed by atoms with Gasteiger partial charge >= 0.3 is 0 Å². The molecule has 134 valence electrons. The molecule has 1 aromatic heterocycles. The molecular weight excluding hydrogens is 338 g/mol. The minimum atomic E-state index is -0.528. The van der Waals surface area contributed by atoms with Crippen LogP contribution in [0, 0.1) is 24.0 Å². The number of rotatable bonds is 5. The summed E-state index contributed by atoms with van der Waals surface area (Å²) in [6.45, 7) is 3.96. The van der Waals surface area contributed by atoms with Gasteiger partial charge in [-0.05, 0) is 43.2 Å². The Morgan fingerprint density at radius 1 is 1.27 bits per heavy atom. The van der Waals surface area contributed by atoms with Crippen molar-refractivity contribution in [3.8, 4) is 5.75 Å². The molecule has 0 spiro atoms. The fourth-order valence-corrected chi connectivity index (χ4v) is 2.61. The number of aromatic nitrogens is 1. The summed E-state index contributed by atoms with van der Waals surface area (Å²) in [5, 5.41) is 18.3. The smallest absolute Gasteiger partial charge is 0.273 e. The highest BCUT2D eigenvalue weighted by atomic mass is 16.6. The lowest BCUT2D eigenvalue weighted by Crippen LogP contribution is -2.15. The number of aryl methyl sites for hydroxylation is 2. The Labute approximate surface area is 148 Å². The van der Waals surface area contributed by atoms with Crippen molar-refractivity contribution >= 4 is 28.3 Å². The van der Waals surface area contributed by atoms with E-state index in [9.17, 15) is 14.9 Å². The molecule has 8 nitrogen and oxygen atoms in total.